The number of rotatable bonds is 8. The van der Waals surface area contributed by atoms with Crippen molar-refractivity contribution in [3.8, 4) is 0 Å². The van der Waals surface area contributed by atoms with E-state index in [0.717, 1.165) is 60.1 Å². The topological polar surface area (TPSA) is 77.3 Å². The molecule has 1 heterocycles. The van der Waals surface area contributed by atoms with Gasteiger partial charge in [-0.1, -0.05) is 54.4 Å². The molecule has 1 aliphatic heterocycles. The number of allylic oxidation sites excluding steroid dienone is 1. The van der Waals surface area contributed by atoms with Crippen molar-refractivity contribution in [2.45, 2.75) is 26.2 Å². The maximum atomic E-state index is 11.0. The monoisotopic (exact) mass is 526 g/mol. The van der Waals surface area contributed by atoms with Crippen LogP contribution in [0.2, 0.25) is 10.0 Å². The second kappa shape index (κ2) is 13.4. The Morgan fingerprint density at radius 3 is 2.67 bits per heavy atom. The van der Waals surface area contributed by atoms with E-state index in [1.54, 1.807) is 12.1 Å². The number of amidine groups is 2. The minimum absolute atomic E-state index is 0.278. The molecule has 3 rings (SSSR count). The van der Waals surface area contributed by atoms with Crippen LogP contribution >= 0.6 is 23.2 Å². The molecule has 36 heavy (non-hydrogen) atoms. The summed E-state index contributed by atoms with van der Waals surface area (Å²) in [4.78, 5) is 23.0. The molecule has 0 aromatic heterocycles. The highest BCUT2D eigenvalue weighted by Crippen LogP contribution is 2.27. The maximum absolute atomic E-state index is 11.0. The van der Waals surface area contributed by atoms with Gasteiger partial charge in [0.05, 0.1) is 0 Å². The fraction of sp³-hybridized carbons (Fsp3) is 0.321. The van der Waals surface area contributed by atoms with Crippen molar-refractivity contribution >= 4 is 58.2 Å². The molecule has 1 atom stereocenters. The normalized spacial score (nSPS) is 17.6. The predicted molar refractivity (Wildman–Crippen MR) is 152 cm³/mol. The Hall–Kier alpha value is -2.93. The number of hydrogen-bond acceptors (Lipinski definition) is 4. The molecule has 1 aliphatic rings. The number of aliphatic carboxylic acids is 1. The van der Waals surface area contributed by atoms with Gasteiger partial charge in [-0.05, 0) is 80.9 Å². The van der Waals surface area contributed by atoms with Gasteiger partial charge in [0.15, 0.2) is 5.84 Å². The SMILES string of the molecule is CC1C=C(c2cccc(/C=C/C(=O)O)c2)C(=NCCCN(C)C)N=C(Nc2cc(Cl)cc(Cl)c2)CC1. The van der Waals surface area contributed by atoms with Crippen LogP contribution in [0.5, 0.6) is 0 Å². The van der Waals surface area contributed by atoms with Gasteiger partial charge in [-0.25, -0.2) is 9.79 Å². The second-order valence-corrected chi connectivity index (χ2v) is 9.97. The Labute approximate surface area is 223 Å². The van der Waals surface area contributed by atoms with Gasteiger partial charge in [-0.2, -0.15) is 0 Å². The van der Waals surface area contributed by atoms with Gasteiger partial charge in [0.2, 0.25) is 0 Å². The Balaban J connectivity index is 2.02. The van der Waals surface area contributed by atoms with Crippen molar-refractivity contribution in [1.29, 1.82) is 0 Å². The highest BCUT2D eigenvalue weighted by molar-refractivity contribution is 6.35. The molecule has 0 saturated carbocycles. The summed E-state index contributed by atoms with van der Waals surface area (Å²) in [6.07, 6.45) is 7.49. The number of aliphatic imine (C=N–C) groups is 2. The number of hydrogen-bond donors (Lipinski definition) is 2. The molecule has 0 spiro atoms. The average Bonchev–Trinajstić information content (AvgIpc) is 2.80. The van der Waals surface area contributed by atoms with Gasteiger partial charge >= 0.3 is 5.97 Å². The molecule has 0 amide bonds. The van der Waals surface area contributed by atoms with Gasteiger partial charge in [-0.15, -0.1) is 0 Å². The summed E-state index contributed by atoms with van der Waals surface area (Å²) in [5.74, 6) is 0.735. The first-order valence-electron chi connectivity index (χ1n) is 11.9. The molecular formula is C28H32Cl2N4O2. The molecule has 2 aromatic rings. The molecule has 0 bridgehead atoms. The number of anilines is 1. The van der Waals surface area contributed by atoms with Crippen molar-refractivity contribution < 1.29 is 9.90 Å². The van der Waals surface area contributed by atoms with E-state index in [1.165, 1.54) is 0 Å². The molecule has 190 valence electrons. The summed E-state index contributed by atoms with van der Waals surface area (Å²) in [5.41, 5.74) is 3.45. The van der Waals surface area contributed by atoms with Crippen molar-refractivity contribution in [1.82, 2.24) is 4.90 Å². The van der Waals surface area contributed by atoms with Crippen molar-refractivity contribution in [3.05, 3.63) is 75.8 Å². The summed E-state index contributed by atoms with van der Waals surface area (Å²) in [7, 11) is 4.09. The molecule has 6 nitrogen and oxygen atoms in total. The molecule has 0 aliphatic carbocycles. The number of halogens is 2. The molecule has 2 N–H and O–H groups in total. The van der Waals surface area contributed by atoms with Crippen LogP contribution < -0.4 is 5.32 Å². The van der Waals surface area contributed by atoms with Gasteiger partial charge < -0.3 is 15.3 Å². The number of nitrogens with one attached hydrogen (secondary N) is 1. The quantitative estimate of drug-likeness (QED) is 0.294. The van der Waals surface area contributed by atoms with Crippen molar-refractivity contribution in [2.75, 3.05) is 32.5 Å². The Morgan fingerprint density at radius 1 is 1.22 bits per heavy atom. The first kappa shape index (κ1) is 27.7. The number of carboxylic acids is 1. The highest BCUT2D eigenvalue weighted by Gasteiger charge is 2.17. The Bertz CT molecular complexity index is 1180. The van der Waals surface area contributed by atoms with E-state index < -0.39 is 5.97 Å². The highest BCUT2D eigenvalue weighted by atomic mass is 35.5. The number of carboxylic acid groups (broad SMARTS) is 1. The smallest absolute Gasteiger partial charge is 0.328 e. The first-order chi connectivity index (χ1) is 17.2. The molecule has 2 aromatic carbocycles. The van der Waals surface area contributed by atoms with Crippen LogP contribution in [0.25, 0.3) is 11.6 Å². The lowest BCUT2D eigenvalue weighted by molar-refractivity contribution is -0.131. The van der Waals surface area contributed by atoms with Crippen LogP contribution in [-0.4, -0.2) is 54.8 Å². The summed E-state index contributed by atoms with van der Waals surface area (Å²) in [6, 6.07) is 13.1. The molecule has 8 heteroatoms. The van der Waals surface area contributed by atoms with E-state index in [0.29, 0.717) is 22.4 Å². The lowest BCUT2D eigenvalue weighted by Crippen LogP contribution is -2.19. The number of carbonyl (C=O) groups is 1. The maximum Gasteiger partial charge on any atom is 0.328 e. The van der Waals surface area contributed by atoms with Crippen LogP contribution in [0.15, 0.2) is 64.6 Å². The molecule has 0 radical (unpaired) electrons. The first-order valence-corrected chi connectivity index (χ1v) is 12.7. The predicted octanol–water partition coefficient (Wildman–Crippen LogP) is 6.77. The number of nitrogens with zero attached hydrogens (tertiary/aromatic N) is 3. The Morgan fingerprint density at radius 2 is 1.97 bits per heavy atom. The lowest BCUT2D eigenvalue weighted by atomic mass is 9.94. The van der Waals surface area contributed by atoms with E-state index in [2.05, 4.69) is 23.2 Å². The van der Waals surface area contributed by atoms with Crippen LogP contribution in [0.1, 0.15) is 37.3 Å². The largest absolute Gasteiger partial charge is 0.478 e. The van der Waals surface area contributed by atoms with E-state index in [9.17, 15) is 4.79 Å². The van der Waals surface area contributed by atoms with Gasteiger partial charge in [-0.3, -0.25) is 4.99 Å². The van der Waals surface area contributed by atoms with Crippen LogP contribution in [-0.2, 0) is 4.79 Å². The Kier molecular flexibility index (Phi) is 10.3. The van der Waals surface area contributed by atoms with Crippen LogP contribution in [0.3, 0.4) is 0 Å². The second-order valence-electron chi connectivity index (χ2n) is 9.10. The average molecular weight is 527 g/mol. The molecule has 0 fully saturated rings. The van der Waals surface area contributed by atoms with Gasteiger partial charge in [0.1, 0.15) is 5.84 Å². The van der Waals surface area contributed by atoms with E-state index in [-0.39, 0.29) is 5.92 Å². The van der Waals surface area contributed by atoms with Crippen LogP contribution in [0.4, 0.5) is 5.69 Å². The standard InChI is InChI=1S/C28H32Cl2N4O2/c1-19-8-10-26(32-24-17-22(29)16-23(30)18-24)33-28(31-12-5-13-34(2)3)25(14-19)21-7-4-6-20(15-21)9-11-27(35)36/h4,6-7,9,11,14-19H,5,8,10,12-13H2,1-3H3,(H,35,36)(H,31,32,33)/b11-9+,25-14?. The lowest BCUT2D eigenvalue weighted by Gasteiger charge is -2.19. The fourth-order valence-corrected chi connectivity index (χ4v) is 4.35. The van der Waals surface area contributed by atoms with E-state index in [1.807, 2.05) is 50.5 Å². The summed E-state index contributed by atoms with van der Waals surface area (Å²) in [6.45, 7) is 3.74. The van der Waals surface area contributed by atoms with E-state index >= 15 is 0 Å². The summed E-state index contributed by atoms with van der Waals surface area (Å²) >= 11 is 12.4. The molecule has 1 unspecified atom stereocenters. The summed E-state index contributed by atoms with van der Waals surface area (Å²) < 4.78 is 0. The zero-order valence-electron chi connectivity index (χ0n) is 20.8. The fourth-order valence-electron chi connectivity index (χ4n) is 3.83. The zero-order valence-corrected chi connectivity index (χ0v) is 22.4. The van der Waals surface area contributed by atoms with E-state index in [4.69, 9.17) is 38.3 Å². The van der Waals surface area contributed by atoms with Gasteiger partial charge in [0, 0.05) is 40.3 Å². The third-order valence-corrected chi connectivity index (χ3v) is 6.00. The third kappa shape index (κ3) is 8.94. The third-order valence-electron chi connectivity index (χ3n) is 5.56. The van der Waals surface area contributed by atoms with Gasteiger partial charge in [0.25, 0.3) is 0 Å². The van der Waals surface area contributed by atoms with Crippen molar-refractivity contribution in [3.63, 3.8) is 0 Å². The van der Waals surface area contributed by atoms with Crippen molar-refractivity contribution in [2.24, 2.45) is 15.9 Å². The number of benzene rings is 2. The zero-order chi connectivity index (χ0) is 26.1. The summed E-state index contributed by atoms with van der Waals surface area (Å²) in [5, 5.41) is 13.5. The molecular weight excluding hydrogens is 495 g/mol. The van der Waals surface area contributed by atoms with Crippen LogP contribution in [0, 0.1) is 5.92 Å². The molecule has 0 saturated heterocycles. The minimum atomic E-state index is -0.983. The minimum Gasteiger partial charge on any atom is -0.478 e.